The number of amides is 1. The summed E-state index contributed by atoms with van der Waals surface area (Å²) in [4.78, 5) is 14.3. The zero-order chi connectivity index (χ0) is 17.2. The van der Waals surface area contributed by atoms with Crippen LogP contribution in [0.3, 0.4) is 0 Å². The van der Waals surface area contributed by atoms with E-state index in [0.29, 0.717) is 19.6 Å². The summed E-state index contributed by atoms with van der Waals surface area (Å²) >= 11 is 0. The van der Waals surface area contributed by atoms with Gasteiger partial charge in [-0.15, -0.1) is 0 Å². The first-order valence-electron chi connectivity index (χ1n) is 8.16. The summed E-state index contributed by atoms with van der Waals surface area (Å²) in [5.74, 6) is 0.685. The van der Waals surface area contributed by atoms with Crippen LogP contribution >= 0.6 is 0 Å². The summed E-state index contributed by atoms with van der Waals surface area (Å²) in [6.45, 7) is 3.50. The minimum Gasteiger partial charge on any atom is -0.494 e. The summed E-state index contributed by atoms with van der Waals surface area (Å²) in [5.41, 5.74) is 1.70. The van der Waals surface area contributed by atoms with Gasteiger partial charge in [0.25, 0.3) is 0 Å². The highest BCUT2D eigenvalue weighted by atomic mass is 16.5. The second kappa shape index (κ2) is 9.57. The number of anilines is 2. The number of hydrogen-bond acceptors (Lipinski definition) is 4. The monoisotopic (exact) mass is 328 g/mol. The number of benzene rings is 2. The second-order valence-electron chi connectivity index (χ2n) is 5.34. The molecule has 0 saturated heterocycles. The van der Waals surface area contributed by atoms with Crippen molar-refractivity contribution in [1.29, 1.82) is 0 Å². The Morgan fingerprint density at radius 3 is 2.46 bits per heavy atom. The number of carbonyl (C=O) groups excluding carboxylic acids is 1. The predicted molar refractivity (Wildman–Crippen MR) is 96.6 cm³/mol. The number of para-hydroxylation sites is 1. The molecule has 0 aromatic heterocycles. The Kier molecular flexibility index (Phi) is 7.11. The van der Waals surface area contributed by atoms with E-state index in [9.17, 15) is 4.79 Å². The second-order valence-corrected chi connectivity index (χ2v) is 5.34. The van der Waals surface area contributed by atoms with Gasteiger partial charge in [0.1, 0.15) is 5.75 Å². The Balaban J connectivity index is 1.96. The molecule has 0 atom stereocenters. The largest absolute Gasteiger partial charge is 0.494 e. The molecule has 5 heteroatoms. The number of hydrogen-bond donors (Lipinski definition) is 2. The van der Waals surface area contributed by atoms with Crippen LogP contribution in [-0.2, 0) is 4.79 Å². The number of carbonyl (C=O) groups is 1. The van der Waals surface area contributed by atoms with Gasteiger partial charge in [0.2, 0.25) is 5.91 Å². The molecule has 0 saturated carbocycles. The van der Waals surface area contributed by atoms with Crippen molar-refractivity contribution in [2.75, 3.05) is 36.5 Å². The molecule has 2 aromatic carbocycles. The SMILES string of the molecule is CCOc1ccc(NC(=O)CN(CCCO)c2ccccc2)cc1. The van der Waals surface area contributed by atoms with Gasteiger partial charge < -0.3 is 20.1 Å². The fraction of sp³-hybridized carbons (Fsp3) is 0.316. The van der Waals surface area contributed by atoms with E-state index in [2.05, 4.69) is 5.32 Å². The molecule has 0 fully saturated rings. The van der Waals surface area contributed by atoms with Crippen molar-refractivity contribution in [3.8, 4) is 5.75 Å². The average Bonchev–Trinajstić information content (AvgIpc) is 2.61. The smallest absolute Gasteiger partial charge is 0.243 e. The molecule has 2 N–H and O–H groups in total. The lowest BCUT2D eigenvalue weighted by molar-refractivity contribution is -0.115. The van der Waals surface area contributed by atoms with E-state index in [1.54, 1.807) is 0 Å². The van der Waals surface area contributed by atoms with Crippen LogP contribution in [0.4, 0.5) is 11.4 Å². The van der Waals surface area contributed by atoms with Crippen LogP contribution in [0.5, 0.6) is 5.75 Å². The molecule has 0 aliphatic rings. The number of ether oxygens (including phenoxy) is 1. The maximum absolute atomic E-state index is 12.3. The molecule has 128 valence electrons. The highest BCUT2D eigenvalue weighted by molar-refractivity contribution is 5.94. The first kappa shape index (κ1) is 17.8. The van der Waals surface area contributed by atoms with Crippen LogP contribution in [-0.4, -0.2) is 37.3 Å². The first-order valence-corrected chi connectivity index (χ1v) is 8.16. The third-order valence-electron chi connectivity index (χ3n) is 3.49. The van der Waals surface area contributed by atoms with Crippen molar-refractivity contribution in [3.63, 3.8) is 0 Å². The molecule has 1 amide bonds. The van der Waals surface area contributed by atoms with Crippen LogP contribution in [0.25, 0.3) is 0 Å². The molecule has 5 nitrogen and oxygen atoms in total. The molecule has 24 heavy (non-hydrogen) atoms. The Hall–Kier alpha value is -2.53. The van der Waals surface area contributed by atoms with Crippen LogP contribution in [0.1, 0.15) is 13.3 Å². The fourth-order valence-electron chi connectivity index (χ4n) is 2.37. The molecule has 0 spiro atoms. The zero-order valence-electron chi connectivity index (χ0n) is 13.9. The van der Waals surface area contributed by atoms with Gasteiger partial charge >= 0.3 is 0 Å². The predicted octanol–water partition coefficient (Wildman–Crippen LogP) is 2.91. The molecule has 0 heterocycles. The third kappa shape index (κ3) is 5.59. The van der Waals surface area contributed by atoms with Gasteiger partial charge in [-0.25, -0.2) is 0 Å². The number of rotatable bonds is 9. The van der Waals surface area contributed by atoms with Crippen LogP contribution in [0, 0.1) is 0 Å². The highest BCUT2D eigenvalue weighted by Crippen LogP contribution is 2.17. The minimum atomic E-state index is -0.0963. The molecule has 0 bridgehead atoms. The Labute approximate surface area is 142 Å². The lowest BCUT2D eigenvalue weighted by Gasteiger charge is -2.24. The Morgan fingerprint density at radius 2 is 1.83 bits per heavy atom. The molecule has 0 unspecified atom stereocenters. The van der Waals surface area contributed by atoms with E-state index in [0.717, 1.165) is 17.1 Å². The average molecular weight is 328 g/mol. The number of nitrogens with one attached hydrogen (secondary N) is 1. The normalized spacial score (nSPS) is 10.2. The van der Waals surface area contributed by atoms with E-state index >= 15 is 0 Å². The van der Waals surface area contributed by atoms with Gasteiger partial charge in [-0.3, -0.25) is 4.79 Å². The third-order valence-corrected chi connectivity index (χ3v) is 3.49. The summed E-state index contributed by atoms with van der Waals surface area (Å²) in [6, 6.07) is 17.0. The van der Waals surface area contributed by atoms with E-state index in [1.807, 2.05) is 66.4 Å². The summed E-state index contributed by atoms with van der Waals surface area (Å²) in [5, 5.41) is 12.0. The van der Waals surface area contributed by atoms with Crippen LogP contribution in [0.2, 0.25) is 0 Å². The van der Waals surface area contributed by atoms with E-state index < -0.39 is 0 Å². The molecule has 0 aliphatic heterocycles. The zero-order valence-corrected chi connectivity index (χ0v) is 13.9. The molecule has 0 aliphatic carbocycles. The van der Waals surface area contributed by atoms with Gasteiger partial charge in [-0.05, 0) is 49.7 Å². The summed E-state index contributed by atoms with van der Waals surface area (Å²) in [6.07, 6.45) is 0.616. The number of nitrogens with zero attached hydrogens (tertiary/aromatic N) is 1. The van der Waals surface area contributed by atoms with Crippen molar-refractivity contribution in [3.05, 3.63) is 54.6 Å². The van der Waals surface area contributed by atoms with E-state index in [4.69, 9.17) is 9.84 Å². The molecular formula is C19H24N2O3. The van der Waals surface area contributed by atoms with Gasteiger partial charge in [-0.2, -0.15) is 0 Å². The topological polar surface area (TPSA) is 61.8 Å². The van der Waals surface area contributed by atoms with Crippen molar-refractivity contribution in [1.82, 2.24) is 0 Å². The lowest BCUT2D eigenvalue weighted by Crippen LogP contribution is -2.34. The Morgan fingerprint density at radius 1 is 1.12 bits per heavy atom. The minimum absolute atomic E-state index is 0.0963. The maximum Gasteiger partial charge on any atom is 0.243 e. The van der Waals surface area contributed by atoms with Crippen molar-refractivity contribution >= 4 is 17.3 Å². The fourth-order valence-corrected chi connectivity index (χ4v) is 2.37. The van der Waals surface area contributed by atoms with Crippen molar-refractivity contribution in [2.24, 2.45) is 0 Å². The maximum atomic E-state index is 12.3. The molecule has 0 radical (unpaired) electrons. The summed E-state index contributed by atoms with van der Waals surface area (Å²) < 4.78 is 5.39. The van der Waals surface area contributed by atoms with Gasteiger partial charge in [0, 0.05) is 24.5 Å². The number of aliphatic hydroxyl groups excluding tert-OH is 1. The van der Waals surface area contributed by atoms with Crippen molar-refractivity contribution in [2.45, 2.75) is 13.3 Å². The lowest BCUT2D eigenvalue weighted by atomic mass is 10.2. The van der Waals surface area contributed by atoms with E-state index in [-0.39, 0.29) is 19.1 Å². The first-order chi connectivity index (χ1) is 11.7. The number of aliphatic hydroxyl groups is 1. The molecule has 2 aromatic rings. The van der Waals surface area contributed by atoms with Crippen molar-refractivity contribution < 1.29 is 14.6 Å². The van der Waals surface area contributed by atoms with Crippen LogP contribution in [0.15, 0.2) is 54.6 Å². The molecular weight excluding hydrogens is 304 g/mol. The highest BCUT2D eigenvalue weighted by Gasteiger charge is 2.11. The van der Waals surface area contributed by atoms with Gasteiger partial charge in [-0.1, -0.05) is 18.2 Å². The summed E-state index contributed by atoms with van der Waals surface area (Å²) in [7, 11) is 0. The van der Waals surface area contributed by atoms with Crippen LogP contribution < -0.4 is 15.0 Å². The quantitative estimate of drug-likeness (QED) is 0.743. The molecule has 2 rings (SSSR count). The van der Waals surface area contributed by atoms with Gasteiger partial charge in [0.05, 0.1) is 13.2 Å². The Bertz CT molecular complexity index is 614. The standard InChI is InChI=1S/C19H24N2O3/c1-2-24-18-11-9-16(10-12-18)20-19(23)15-21(13-6-14-22)17-7-4-3-5-8-17/h3-5,7-12,22H,2,6,13-15H2,1H3,(H,20,23). The van der Waals surface area contributed by atoms with Gasteiger partial charge in [0.15, 0.2) is 0 Å². The van der Waals surface area contributed by atoms with E-state index in [1.165, 1.54) is 0 Å².